The van der Waals surface area contributed by atoms with Gasteiger partial charge in [0.1, 0.15) is 11.6 Å². The second-order valence-corrected chi connectivity index (χ2v) is 6.00. The monoisotopic (exact) mass is 269 g/mol. The molecule has 4 heteroatoms. The molecule has 0 amide bonds. The van der Waals surface area contributed by atoms with E-state index in [9.17, 15) is 8.78 Å². The maximum absolute atomic E-state index is 13.8. The normalized spacial score (nSPS) is 11.7. The third-order valence-corrected chi connectivity index (χ3v) is 4.10. The fourth-order valence-corrected chi connectivity index (χ4v) is 3.39. The fraction of sp³-hybridized carbons (Fsp3) is 0.429. The van der Waals surface area contributed by atoms with Crippen LogP contribution in [0, 0.1) is 17.6 Å². The van der Waals surface area contributed by atoms with Crippen molar-refractivity contribution in [3.8, 4) is 0 Å². The molecule has 1 aromatic heterocycles. The van der Waals surface area contributed by atoms with E-state index in [2.05, 4.69) is 19.2 Å². The van der Waals surface area contributed by atoms with Crippen molar-refractivity contribution in [2.45, 2.75) is 26.8 Å². The van der Waals surface area contributed by atoms with Gasteiger partial charge in [-0.3, -0.25) is 0 Å². The van der Waals surface area contributed by atoms with Crippen LogP contribution in [-0.4, -0.2) is 7.05 Å². The summed E-state index contributed by atoms with van der Waals surface area (Å²) in [7, 11) is 1.86. The van der Waals surface area contributed by atoms with Crippen LogP contribution in [-0.2, 0) is 13.0 Å². The summed E-state index contributed by atoms with van der Waals surface area (Å²) in [5.41, 5.74) is 1.08. The molecule has 0 saturated heterocycles. The second kappa shape index (κ2) is 5.33. The number of fused-ring (bicyclic) bond motifs is 1. The molecule has 0 bridgehead atoms. The Bertz CT molecular complexity index is 560. The first-order chi connectivity index (χ1) is 8.52. The van der Waals surface area contributed by atoms with Crippen LogP contribution in [0.4, 0.5) is 8.78 Å². The largest absolute Gasteiger partial charge is 0.315 e. The first kappa shape index (κ1) is 13.4. The quantitative estimate of drug-likeness (QED) is 0.881. The summed E-state index contributed by atoms with van der Waals surface area (Å²) in [6.07, 6.45) is 0.847. The molecule has 18 heavy (non-hydrogen) atoms. The highest BCUT2D eigenvalue weighted by Crippen LogP contribution is 2.35. The Labute approximate surface area is 110 Å². The minimum Gasteiger partial charge on any atom is -0.315 e. The van der Waals surface area contributed by atoms with Crippen LogP contribution in [0.25, 0.3) is 10.1 Å². The minimum atomic E-state index is -0.501. The van der Waals surface area contributed by atoms with Gasteiger partial charge in [-0.1, -0.05) is 13.8 Å². The molecule has 0 spiro atoms. The molecule has 2 aromatic rings. The van der Waals surface area contributed by atoms with Crippen LogP contribution in [0.5, 0.6) is 0 Å². The van der Waals surface area contributed by atoms with Crippen molar-refractivity contribution < 1.29 is 8.78 Å². The summed E-state index contributed by atoms with van der Waals surface area (Å²) in [5.74, 6) is -0.495. The van der Waals surface area contributed by atoms with Crippen molar-refractivity contribution in [1.82, 2.24) is 5.32 Å². The number of benzene rings is 1. The van der Waals surface area contributed by atoms with Crippen molar-refractivity contribution in [3.05, 3.63) is 34.2 Å². The van der Waals surface area contributed by atoms with E-state index in [0.717, 1.165) is 28.3 Å². The molecular weight excluding hydrogens is 252 g/mol. The highest BCUT2D eigenvalue weighted by molar-refractivity contribution is 7.19. The van der Waals surface area contributed by atoms with E-state index >= 15 is 0 Å². The molecular formula is C14H17F2NS. The molecule has 1 nitrogen and oxygen atoms in total. The van der Waals surface area contributed by atoms with Crippen LogP contribution in [0.1, 0.15) is 24.3 Å². The van der Waals surface area contributed by atoms with Gasteiger partial charge >= 0.3 is 0 Å². The summed E-state index contributed by atoms with van der Waals surface area (Å²) < 4.78 is 27.7. The average molecular weight is 269 g/mol. The standard InChI is InChI=1S/C14H17F2NS/c1-8(2)4-10-11-5-9(15)6-12(16)14(11)18-13(10)7-17-3/h5-6,8,17H,4,7H2,1-3H3. The SMILES string of the molecule is CNCc1sc2c(F)cc(F)cc2c1CC(C)C. The summed E-state index contributed by atoms with van der Waals surface area (Å²) in [4.78, 5) is 1.10. The smallest absolute Gasteiger partial charge is 0.143 e. The number of rotatable bonds is 4. The third-order valence-electron chi connectivity index (χ3n) is 2.85. The molecule has 2 rings (SSSR count). The fourth-order valence-electron chi connectivity index (χ4n) is 2.16. The van der Waals surface area contributed by atoms with Crippen molar-refractivity contribution in [3.63, 3.8) is 0 Å². The van der Waals surface area contributed by atoms with Gasteiger partial charge in [0.25, 0.3) is 0 Å². The first-order valence-electron chi connectivity index (χ1n) is 6.06. The summed E-state index contributed by atoms with van der Waals surface area (Å²) >= 11 is 1.42. The van der Waals surface area contributed by atoms with Gasteiger partial charge in [0.15, 0.2) is 0 Å². The van der Waals surface area contributed by atoms with Crippen LogP contribution < -0.4 is 5.32 Å². The number of hydrogen-bond acceptors (Lipinski definition) is 2. The summed E-state index contributed by atoms with van der Waals surface area (Å²) in [6.45, 7) is 4.92. The van der Waals surface area contributed by atoms with Gasteiger partial charge in [0, 0.05) is 22.9 Å². The van der Waals surface area contributed by atoms with Gasteiger partial charge in [-0.2, -0.15) is 0 Å². The van der Waals surface area contributed by atoms with E-state index in [4.69, 9.17) is 0 Å². The Morgan fingerprint density at radius 3 is 2.61 bits per heavy atom. The lowest BCUT2D eigenvalue weighted by atomic mass is 9.99. The predicted molar refractivity (Wildman–Crippen MR) is 73.0 cm³/mol. The Morgan fingerprint density at radius 1 is 1.28 bits per heavy atom. The molecule has 0 aliphatic heterocycles. The van der Waals surface area contributed by atoms with Gasteiger partial charge in [0.05, 0.1) is 4.70 Å². The Kier molecular flexibility index (Phi) is 3.97. The Balaban J connectivity index is 2.64. The molecule has 1 N–H and O–H groups in total. The van der Waals surface area contributed by atoms with Crippen molar-refractivity contribution in [1.29, 1.82) is 0 Å². The van der Waals surface area contributed by atoms with Crippen LogP contribution in [0.3, 0.4) is 0 Å². The van der Waals surface area contributed by atoms with E-state index < -0.39 is 11.6 Å². The molecule has 0 fully saturated rings. The zero-order chi connectivity index (χ0) is 13.3. The topological polar surface area (TPSA) is 12.0 Å². The van der Waals surface area contributed by atoms with E-state index in [0.29, 0.717) is 17.2 Å². The first-order valence-corrected chi connectivity index (χ1v) is 6.88. The zero-order valence-electron chi connectivity index (χ0n) is 10.8. The number of nitrogens with one attached hydrogen (secondary N) is 1. The highest BCUT2D eigenvalue weighted by Gasteiger charge is 2.16. The molecule has 0 aliphatic rings. The average Bonchev–Trinajstić information content (AvgIpc) is 2.58. The number of thiophene rings is 1. The highest BCUT2D eigenvalue weighted by atomic mass is 32.1. The van der Waals surface area contributed by atoms with E-state index in [1.54, 1.807) is 0 Å². The summed E-state index contributed by atoms with van der Waals surface area (Å²) in [5, 5.41) is 3.82. The van der Waals surface area contributed by atoms with Crippen molar-refractivity contribution >= 4 is 21.4 Å². The number of halogens is 2. The van der Waals surface area contributed by atoms with Gasteiger partial charge in [0.2, 0.25) is 0 Å². The van der Waals surface area contributed by atoms with Gasteiger partial charge in [-0.15, -0.1) is 11.3 Å². The molecule has 0 saturated carbocycles. The molecule has 0 atom stereocenters. The maximum Gasteiger partial charge on any atom is 0.143 e. The van der Waals surface area contributed by atoms with Crippen LogP contribution >= 0.6 is 11.3 Å². The van der Waals surface area contributed by atoms with Gasteiger partial charge in [-0.05, 0) is 31.0 Å². The van der Waals surface area contributed by atoms with Crippen LogP contribution in [0.2, 0.25) is 0 Å². The van der Waals surface area contributed by atoms with Crippen LogP contribution in [0.15, 0.2) is 12.1 Å². The molecule has 1 aromatic carbocycles. The lowest BCUT2D eigenvalue weighted by molar-refractivity contribution is 0.592. The molecule has 0 aliphatic carbocycles. The zero-order valence-corrected chi connectivity index (χ0v) is 11.6. The molecule has 98 valence electrons. The lowest BCUT2D eigenvalue weighted by Gasteiger charge is -2.07. The lowest BCUT2D eigenvalue weighted by Crippen LogP contribution is -2.06. The predicted octanol–water partition coefficient (Wildman–Crippen LogP) is 4.10. The van der Waals surface area contributed by atoms with E-state index in [-0.39, 0.29) is 0 Å². The maximum atomic E-state index is 13.8. The minimum absolute atomic E-state index is 0.456. The Hall–Kier alpha value is -1.00. The third kappa shape index (κ3) is 2.54. The molecule has 1 heterocycles. The number of hydrogen-bond donors (Lipinski definition) is 1. The second-order valence-electron chi connectivity index (χ2n) is 4.90. The Morgan fingerprint density at radius 2 is 2.00 bits per heavy atom. The molecule has 0 unspecified atom stereocenters. The van der Waals surface area contributed by atoms with Crippen molar-refractivity contribution in [2.24, 2.45) is 5.92 Å². The van der Waals surface area contributed by atoms with E-state index in [1.165, 1.54) is 17.4 Å². The summed E-state index contributed by atoms with van der Waals surface area (Å²) in [6, 6.07) is 2.41. The molecule has 0 radical (unpaired) electrons. The van der Waals surface area contributed by atoms with Crippen molar-refractivity contribution in [2.75, 3.05) is 7.05 Å². The van der Waals surface area contributed by atoms with Gasteiger partial charge < -0.3 is 5.32 Å². The van der Waals surface area contributed by atoms with Gasteiger partial charge in [-0.25, -0.2) is 8.78 Å². The van der Waals surface area contributed by atoms with E-state index in [1.807, 2.05) is 7.05 Å².